The smallest absolute Gasteiger partial charge is 0.125 e. The molecule has 0 aliphatic heterocycles. The first-order valence-corrected chi connectivity index (χ1v) is 7.18. The van der Waals surface area contributed by atoms with Gasteiger partial charge in [0.1, 0.15) is 18.2 Å². The lowest BCUT2D eigenvalue weighted by atomic mass is 10.1. The van der Waals surface area contributed by atoms with E-state index in [0.717, 1.165) is 4.47 Å². The van der Waals surface area contributed by atoms with Crippen LogP contribution in [0.5, 0.6) is 5.75 Å². The van der Waals surface area contributed by atoms with E-state index in [0.29, 0.717) is 21.9 Å². The molecular formula is C15H13BrClFO2. The molecule has 106 valence electrons. The lowest BCUT2D eigenvalue weighted by Crippen LogP contribution is -2.01. The number of aliphatic hydroxyl groups excluding tert-OH is 1. The standard InChI is InChI=1S/C15H13BrClFO2/c1-9(19)13-6-11(16)3-5-15(13)20-8-10-2-4-12(18)7-14(10)17/h2-7,9,19H,8H2,1H3. The lowest BCUT2D eigenvalue weighted by Gasteiger charge is -2.14. The molecule has 0 saturated heterocycles. The van der Waals surface area contributed by atoms with Crippen molar-refractivity contribution in [1.29, 1.82) is 0 Å². The molecule has 0 spiro atoms. The second-order valence-electron chi connectivity index (χ2n) is 4.38. The molecule has 0 saturated carbocycles. The SMILES string of the molecule is CC(O)c1cc(Br)ccc1OCc1ccc(F)cc1Cl. The Morgan fingerprint density at radius 2 is 2.05 bits per heavy atom. The predicted octanol–water partition coefficient (Wildman–Crippen LogP) is 4.87. The Morgan fingerprint density at radius 3 is 2.70 bits per heavy atom. The van der Waals surface area contributed by atoms with Crippen molar-refractivity contribution in [3.63, 3.8) is 0 Å². The van der Waals surface area contributed by atoms with Crippen molar-refractivity contribution in [3.05, 3.63) is 62.8 Å². The molecule has 2 rings (SSSR count). The van der Waals surface area contributed by atoms with Gasteiger partial charge in [0.25, 0.3) is 0 Å². The van der Waals surface area contributed by atoms with Gasteiger partial charge in [-0.2, -0.15) is 0 Å². The summed E-state index contributed by atoms with van der Waals surface area (Å²) >= 11 is 9.30. The average Bonchev–Trinajstić information content (AvgIpc) is 2.38. The van der Waals surface area contributed by atoms with Gasteiger partial charge in [-0.1, -0.05) is 33.6 Å². The van der Waals surface area contributed by atoms with Gasteiger partial charge in [-0.05, 0) is 37.3 Å². The van der Waals surface area contributed by atoms with E-state index in [1.54, 1.807) is 25.1 Å². The first-order valence-electron chi connectivity index (χ1n) is 6.01. The molecule has 0 radical (unpaired) electrons. The third-order valence-corrected chi connectivity index (χ3v) is 3.67. The van der Waals surface area contributed by atoms with Crippen LogP contribution in [-0.4, -0.2) is 5.11 Å². The zero-order valence-corrected chi connectivity index (χ0v) is 13.1. The summed E-state index contributed by atoms with van der Waals surface area (Å²) in [5.41, 5.74) is 1.37. The highest BCUT2D eigenvalue weighted by Gasteiger charge is 2.11. The Labute approximate surface area is 130 Å². The monoisotopic (exact) mass is 358 g/mol. The minimum atomic E-state index is -0.647. The molecule has 0 heterocycles. The maximum atomic E-state index is 13.0. The fourth-order valence-electron chi connectivity index (χ4n) is 1.77. The van der Waals surface area contributed by atoms with E-state index in [2.05, 4.69) is 15.9 Å². The number of halogens is 3. The molecule has 5 heteroatoms. The number of benzene rings is 2. The van der Waals surface area contributed by atoms with Crippen LogP contribution in [0.15, 0.2) is 40.9 Å². The highest BCUT2D eigenvalue weighted by molar-refractivity contribution is 9.10. The van der Waals surface area contributed by atoms with Crippen molar-refractivity contribution in [2.75, 3.05) is 0 Å². The van der Waals surface area contributed by atoms with Crippen molar-refractivity contribution in [3.8, 4) is 5.75 Å². The van der Waals surface area contributed by atoms with Gasteiger partial charge in [0.05, 0.1) is 11.1 Å². The molecule has 0 fully saturated rings. The topological polar surface area (TPSA) is 29.5 Å². The van der Waals surface area contributed by atoms with Crippen molar-refractivity contribution in [2.45, 2.75) is 19.6 Å². The van der Waals surface area contributed by atoms with Crippen LogP contribution >= 0.6 is 27.5 Å². The van der Waals surface area contributed by atoms with E-state index in [-0.39, 0.29) is 12.4 Å². The van der Waals surface area contributed by atoms with E-state index < -0.39 is 6.10 Å². The third kappa shape index (κ3) is 3.72. The zero-order valence-electron chi connectivity index (χ0n) is 10.7. The van der Waals surface area contributed by atoms with E-state index in [1.165, 1.54) is 12.1 Å². The molecule has 1 N–H and O–H groups in total. The van der Waals surface area contributed by atoms with Crippen LogP contribution < -0.4 is 4.74 Å². The van der Waals surface area contributed by atoms with Gasteiger partial charge >= 0.3 is 0 Å². The number of rotatable bonds is 4. The molecule has 0 amide bonds. The average molecular weight is 360 g/mol. The highest BCUT2D eigenvalue weighted by Crippen LogP contribution is 2.29. The summed E-state index contributed by atoms with van der Waals surface area (Å²) in [6.07, 6.45) is -0.647. The van der Waals surface area contributed by atoms with Gasteiger partial charge in [-0.3, -0.25) is 0 Å². The molecule has 0 bridgehead atoms. The van der Waals surface area contributed by atoms with Gasteiger partial charge in [-0.25, -0.2) is 4.39 Å². The first-order chi connectivity index (χ1) is 9.47. The summed E-state index contributed by atoms with van der Waals surface area (Å²) in [5.74, 6) is 0.190. The molecule has 2 aromatic carbocycles. The van der Waals surface area contributed by atoms with Crippen LogP contribution in [0.2, 0.25) is 5.02 Å². The number of hydrogen-bond acceptors (Lipinski definition) is 2. The van der Waals surface area contributed by atoms with Gasteiger partial charge in [0.2, 0.25) is 0 Å². The molecule has 20 heavy (non-hydrogen) atoms. The molecule has 0 aromatic heterocycles. The fourth-order valence-corrected chi connectivity index (χ4v) is 2.37. The molecule has 1 unspecified atom stereocenters. The van der Waals surface area contributed by atoms with Crippen LogP contribution in [-0.2, 0) is 6.61 Å². The van der Waals surface area contributed by atoms with E-state index in [4.69, 9.17) is 16.3 Å². The Balaban J connectivity index is 2.18. The van der Waals surface area contributed by atoms with Gasteiger partial charge in [0.15, 0.2) is 0 Å². The second kappa shape index (κ2) is 6.57. The summed E-state index contributed by atoms with van der Waals surface area (Å²) < 4.78 is 19.5. The Kier molecular flexibility index (Phi) is 5.02. The van der Waals surface area contributed by atoms with Crippen LogP contribution in [0, 0.1) is 5.82 Å². The van der Waals surface area contributed by atoms with Crippen molar-refractivity contribution in [2.24, 2.45) is 0 Å². The van der Waals surface area contributed by atoms with E-state index in [1.807, 2.05) is 6.07 Å². The normalized spacial score (nSPS) is 12.2. The number of ether oxygens (including phenoxy) is 1. The minimum absolute atomic E-state index is 0.209. The maximum Gasteiger partial charge on any atom is 0.125 e. The summed E-state index contributed by atoms with van der Waals surface area (Å²) in [5, 5.41) is 10.1. The molecular weight excluding hydrogens is 347 g/mol. The van der Waals surface area contributed by atoms with Crippen LogP contribution in [0.1, 0.15) is 24.2 Å². The van der Waals surface area contributed by atoms with Crippen molar-refractivity contribution >= 4 is 27.5 Å². The van der Waals surface area contributed by atoms with E-state index >= 15 is 0 Å². The number of hydrogen-bond donors (Lipinski definition) is 1. The quantitative estimate of drug-likeness (QED) is 0.843. The lowest BCUT2D eigenvalue weighted by molar-refractivity contribution is 0.190. The Morgan fingerprint density at radius 1 is 1.30 bits per heavy atom. The minimum Gasteiger partial charge on any atom is -0.488 e. The molecule has 0 aliphatic carbocycles. The Hall–Kier alpha value is -1.10. The van der Waals surface area contributed by atoms with Crippen LogP contribution in [0.4, 0.5) is 4.39 Å². The molecule has 2 aromatic rings. The maximum absolute atomic E-state index is 13.0. The third-order valence-electron chi connectivity index (χ3n) is 2.82. The summed E-state index contributed by atoms with van der Waals surface area (Å²) in [6.45, 7) is 1.87. The Bertz CT molecular complexity index is 617. The zero-order chi connectivity index (χ0) is 14.7. The van der Waals surface area contributed by atoms with E-state index in [9.17, 15) is 9.50 Å². The molecule has 1 atom stereocenters. The molecule has 2 nitrogen and oxygen atoms in total. The van der Waals surface area contributed by atoms with Crippen molar-refractivity contribution in [1.82, 2.24) is 0 Å². The summed E-state index contributed by atoms with van der Waals surface area (Å²) in [7, 11) is 0. The second-order valence-corrected chi connectivity index (χ2v) is 5.71. The van der Waals surface area contributed by atoms with Crippen molar-refractivity contribution < 1.29 is 14.2 Å². The fraction of sp³-hybridized carbons (Fsp3) is 0.200. The van der Waals surface area contributed by atoms with Gasteiger partial charge in [0, 0.05) is 15.6 Å². The van der Waals surface area contributed by atoms with Gasteiger partial charge in [-0.15, -0.1) is 0 Å². The molecule has 0 aliphatic rings. The summed E-state index contributed by atoms with van der Waals surface area (Å²) in [4.78, 5) is 0. The highest BCUT2D eigenvalue weighted by atomic mass is 79.9. The van der Waals surface area contributed by atoms with Gasteiger partial charge < -0.3 is 9.84 Å². The predicted molar refractivity (Wildman–Crippen MR) is 80.5 cm³/mol. The largest absolute Gasteiger partial charge is 0.488 e. The number of aliphatic hydroxyl groups is 1. The van der Waals surface area contributed by atoms with Crippen LogP contribution in [0.25, 0.3) is 0 Å². The first kappa shape index (κ1) is 15.3. The summed E-state index contributed by atoms with van der Waals surface area (Å²) in [6, 6.07) is 9.56. The van der Waals surface area contributed by atoms with Crippen LogP contribution in [0.3, 0.4) is 0 Å².